The normalized spacial score (nSPS) is 13.2. The van der Waals surface area contributed by atoms with Gasteiger partial charge in [0, 0.05) is 6.42 Å². The Morgan fingerprint density at radius 2 is 2.38 bits per heavy atom. The molecule has 0 aliphatic rings. The minimum absolute atomic E-state index is 0.275. The largest absolute Gasteiger partial charge is 0.393 e. The third kappa shape index (κ3) is 5.43. The van der Waals surface area contributed by atoms with Gasteiger partial charge in [0.2, 0.25) is 5.91 Å². The molecule has 0 rings (SSSR count). The van der Waals surface area contributed by atoms with E-state index in [0.717, 1.165) is 0 Å². The van der Waals surface area contributed by atoms with Crippen LogP contribution in [0.1, 0.15) is 19.8 Å². The summed E-state index contributed by atoms with van der Waals surface area (Å²) in [6.45, 7) is 1.63. The molecule has 0 aliphatic heterocycles. The van der Waals surface area contributed by atoms with Crippen LogP contribution in [-0.2, 0) is 4.79 Å². The van der Waals surface area contributed by atoms with Gasteiger partial charge in [-0.1, -0.05) is 0 Å². The predicted octanol–water partition coefficient (Wildman–Crippen LogP) is -0.367. The summed E-state index contributed by atoms with van der Waals surface area (Å²) < 4.78 is 0. The van der Waals surface area contributed by atoms with Crippen molar-refractivity contribution in [2.45, 2.75) is 25.9 Å². The Hall–Kier alpha value is -0.570. The summed E-state index contributed by atoms with van der Waals surface area (Å²) in [6, 6.07) is 0. The van der Waals surface area contributed by atoms with Crippen molar-refractivity contribution in [3.05, 3.63) is 0 Å². The first-order valence-corrected chi connectivity index (χ1v) is 2.59. The number of carbonyl (C=O) groups is 1. The SMILES string of the molecule is CC(O)CCC(N)=O. The maximum absolute atomic E-state index is 10.0. The van der Waals surface area contributed by atoms with Gasteiger partial charge < -0.3 is 10.8 Å². The van der Waals surface area contributed by atoms with Gasteiger partial charge in [-0.15, -0.1) is 0 Å². The summed E-state index contributed by atoms with van der Waals surface area (Å²) in [5.41, 5.74) is 4.79. The first-order valence-electron chi connectivity index (χ1n) is 2.59. The van der Waals surface area contributed by atoms with Crippen molar-refractivity contribution < 1.29 is 9.90 Å². The van der Waals surface area contributed by atoms with Crippen molar-refractivity contribution in [2.24, 2.45) is 5.73 Å². The Morgan fingerprint density at radius 3 is 2.50 bits per heavy atom. The molecule has 48 valence electrons. The molecule has 0 spiro atoms. The molecule has 1 unspecified atom stereocenters. The number of rotatable bonds is 3. The summed E-state index contributed by atoms with van der Waals surface area (Å²) in [5.74, 6) is -0.356. The Labute approximate surface area is 48.5 Å². The van der Waals surface area contributed by atoms with Crippen molar-refractivity contribution in [1.29, 1.82) is 0 Å². The van der Waals surface area contributed by atoms with Crippen molar-refractivity contribution in [1.82, 2.24) is 0 Å². The van der Waals surface area contributed by atoms with Crippen molar-refractivity contribution in [2.75, 3.05) is 0 Å². The highest BCUT2D eigenvalue weighted by Gasteiger charge is 1.97. The number of aliphatic hydroxyl groups excluding tert-OH is 1. The third-order valence-electron chi connectivity index (χ3n) is 0.809. The molecule has 0 fully saturated rings. The average Bonchev–Trinajstić information content (AvgIpc) is 1.61. The minimum atomic E-state index is -0.414. The summed E-state index contributed by atoms with van der Waals surface area (Å²) >= 11 is 0. The summed E-state index contributed by atoms with van der Waals surface area (Å²) in [4.78, 5) is 10.0. The van der Waals surface area contributed by atoms with E-state index in [9.17, 15) is 4.79 Å². The van der Waals surface area contributed by atoms with E-state index < -0.39 is 6.10 Å². The molecule has 0 bridgehead atoms. The Balaban J connectivity index is 3.05. The number of aliphatic hydroxyl groups is 1. The lowest BCUT2D eigenvalue weighted by Crippen LogP contribution is -2.13. The second-order valence-corrected chi connectivity index (χ2v) is 1.85. The zero-order valence-electron chi connectivity index (χ0n) is 4.92. The van der Waals surface area contributed by atoms with Gasteiger partial charge in [0.05, 0.1) is 6.10 Å². The average molecular weight is 117 g/mol. The van der Waals surface area contributed by atoms with Crippen LogP contribution in [0.4, 0.5) is 0 Å². The highest BCUT2D eigenvalue weighted by molar-refractivity contribution is 5.73. The molecule has 8 heavy (non-hydrogen) atoms. The first kappa shape index (κ1) is 7.43. The fraction of sp³-hybridized carbons (Fsp3) is 0.800. The van der Waals surface area contributed by atoms with Crippen LogP contribution < -0.4 is 5.73 Å². The number of hydrogen-bond acceptors (Lipinski definition) is 2. The number of carbonyl (C=O) groups excluding carboxylic acids is 1. The number of primary amides is 1. The van der Waals surface area contributed by atoms with Gasteiger partial charge in [0.25, 0.3) is 0 Å². The first-order chi connectivity index (χ1) is 3.63. The molecule has 0 aliphatic carbocycles. The van der Waals surface area contributed by atoms with E-state index in [0.29, 0.717) is 6.42 Å². The van der Waals surface area contributed by atoms with Crippen LogP contribution in [0.15, 0.2) is 0 Å². The zero-order valence-corrected chi connectivity index (χ0v) is 4.92. The zero-order chi connectivity index (χ0) is 6.57. The smallest absolute Gasteiger partial charge is 0.217 e. The molecule has 0 radical (unpaired) electrons. The monoisotopic (exact) mass is 117 g/mol. The maximum atomic E-state index is 10.0. The molecule has 1 atom stereocenters. The van der Waals surface area contributed by atoms with Crippen molar-refractivity contribution in [3.63, 3.8) is 0 Å². The molecule has 0 heterocycles. The van der Waals surface area contributed by atoms with E-state index in [4.69, 9.17) is 10.8 Å². The summed E-state index contributed by atoms with van der Waals surface area (Å²) in [6.07, 6.45) is 0.329. The van der Waals surface area contributed by atoms with Crippen LogP contribution in [-0.4, -0.2) is 17.1 Å². The fourth-order valence-corrected chi connectivity index (χ4v) is 0.351. The highest BCUT2D eigenvalue weighted by atomic mass is 16.3. The maximum Gasteiger partial charge on any atom is 0.217 e. The minimum Gasteiger partial charge on any atom is -0.393 e. The van der Waals surface area contributed by atoms with E-state index in [1.54, 1.807) is 6.92 Å². The standard InChI is InChI=1S/C5H11NO2/c1-4(7)2-3-5(6)8/h4,7H,2-3H2,1H3,(H2,6,8). The van der Waals surface area contributed by atoms with E-state index in [2.05, 4.69) is 0 Å². The molecule has 0 aromatic heterocycles. The summed E-state index contributed by atoms with van der Waals surface area (Å²) in [5, 5.41) is 8.59. The molecular formula is C5H11NO2. The number of nitrogens with two attached hydrogens (primary N) is 1. The molecule has 3 N–H and O–H groups in total. The van der Waals surface area contributed by atoms with E-state index in [1.807, 2.05) is 0 Å². The molecule has 0 saturated carbocycles. The number of amides is 1. The van der Waals surface area contributed by atoms with Gasteiger partial charge >= 0.3 is 0 Å². The van der Waals surface area contributed by atoms with Crippen LogP contribution in [0.2, 0.25) is 0 Å². The van der Waals surface area contributed by atoms with Crippen LogP contribution >= 0.6 is 0 Å². The quantitative estimate of drug-likeness (QED) is 0.530. The van der Waals surface area contributed by atoms with Gasteiger partial charge in [-0.25, -0.2) is 0 Å². The van der Waals surface area contributed by atoms with Gasteiger partial charge in [-0.3, -0.25) is 4.79 Å². The molecule has 3 heteroatoms. The Bertz CT molecular complexity index is 80.5. The fourth-order valence-electron chi connectivity index (χ4n) is 0.351. The second-order valence-electron chi connectivity index (χ2n) is 1.85. The molecule has 0 aromatic rings. The van der Waals surface area contributed by atoms with Crippen molar-refractivity contribution in [3.8, 4) is 0 Å². The predicted molar refractivity (Wildman–Crippen MR) is 30.1 cm³/mol. The Morgan fingerprint density at radius 1 is 1.88 bits per heavy atom. The second kappa shape index (κ2) is 3.43. The van der Waals surface area contributed by atoms with Crippen LogP contribution in [0.25, 0.3) is 0 Å². The van der Waals surface area contributed by atoms with Gasteiger partial charge in [-0.05, 0) is 13.3 Å². The van der Waals surface area contributed by atoms with E-state index in [-0.39, 0.29) is 12.3 Å². The van der Waals surface area contributed by atoms with Crippen LogP contribution in [0.5, 0.6) is 0 Å². The summed E-state index contributed by atoms with van der Waals surface area (Å²) in [7, 11) is 0. The lowest BCUT2D eigenvalue weighted by atomic mass is 10.2. The molecule has 3 nitrogen and oxygen atoms in total. The molecule has 0 aromatic carbocycles. The van der Waals surface area contributed by atoms with Crippen LogP contribution in [0.3, 0.4) is 0 Å². The highest BCUT2D eigenvalue weighted by Crippen LogP contribution is 1.92. The third-order valence-corrected chi connectivity index (χ3v) is 0.809. The van der Waals surface area contributed by atoms with Crippen LogP contribution in [0, 0.1) is 0 Å². The number of hydrogen-bond donors (Lipinski definition) is 2. The lowest BCUT2D eigenvalue weighted by Gasteiger charge is -1.97. The lowest BCUT2D eigenvalue weighted by molar-refractivity contribution is -0.118. The van der Waals surface area contributed by atoms with Gasteiger partial charge in [-0.2, -0.15) is 0 Å². The molecule has 0 saturated heterocycles. The topological polar surface area (TPSA) is 63.3 Å². The van der Waals surface area contributed by atoms with Gasteiger partial charge in [0.1, 0.15) is 0 Å². The van der Waals surface area contributed by atoms with E-state index >= 15 is 0 Å². The van der Waals surface area contributed by atoms with Crippen molar-refractivity contribution >= 4 is 5.91 Å². The molecule has 1 amide bonds. The molecular weight excluding hydrogens is 106 g/mol. The van der Waals surface area contributed by atoms with Gasteiger partial charge in [0.15, 0.2) is 0 Å². The Kier molecular flexibility index (Phi) is 3.19. The van der Waals surface area contributed by atoms with E-state index in [1.165, 1.54) is 0 Å².